The first kappa shape index (κ1) is 22.2. The van der Waals surface area contributed by atoms with Crippen LogP contribution in [0.25, 0.3) is 11.8 Å². The highest BCUT2D eigenvalue weighted by Gasteiger charge is 2.44. The SMILES string of the molecule is CCC1(c2ccc(F)cc2)CON=C2/C(=C/c3ccc(-n4cnc(C)c4)c(OC)c3)CCCN21. The van der Waals surface area contributed by atoms with Crippen LogP contribution in [-0.4, -0.2) is 40.5 Å². The predicted octanol–water partition coefficient (Wildman–Crippen LogP) is 5.46. The second-order valence-corrected chi connectivity index (χ2v) is 8.86. The van der Waals surface area contributed by atoms with E-state index in [1.54, 1.807) is 13.4 Å². The van der Waals surface area contributed by atoms with Crippen molar-refractivity contribution in [1.82, 2.24) is 14.5 Å². The molecule has 2 aromatic carbocycles. The summed E-state index contributed by atoms with van der Waals surface area (Å²) in [7, 11) is 1.68. The van der Waals surface area contributed by atoms with E-state index in [4.69, 9.17) is 9.57 Å². The first-order valence-corrected chi connectivity index (χ1v) is 11.7. The Morgan fingerprint density at radius 1 is 1.21 bits per heavy atom. The van der Waals surface area contributed by atoms with Crippen LogP contribution in [0.3, 0.4) is 0 Å². The topological polar surface area (TPSA) is 51.9 Å². The second-order valence-electron chi connectivity index (χ2n) is 8.86. The number of hydrogen-bond acceptors (Lipinski definition) is 5. The summed E-state index contributed by atoms with van der Waals surface area (Å²) in [6.07, 6.45) is 8.68. The zero-order valence-corrected chi connectivity index (χ0v) is 19.8. The zero-order chi connectivity index (χ0) is 23.7. The third-order valence-corrected chi connectivity index (χ3v) is 6.84. The van der Waals surface area contributed by atoms with Gasteiger partial charge in [0.1, 0.15) is 23.7 Å². The van der Waals surface area contributed by atoms with Crippen LogP contribution in [0.5, 0.6) is 5.75 Å². The van der Waals surface area contributed by atoms with Crippen molar-refractivity contribution in [3.8, 4) is 11.4 Å². The standard InChI is InChI=1S/C27H29FN4O2/c1-4-27(22-8-10-23(28)11-9-22)17-34-30-26-21(6-5-13-32(26)27)14-20-7-12-24(25(15-20)33-3)31-16-19(2)29-18-31/h7-12,14-16,18H,4-6,13,17H2,1-3H3/b21-14+. The lowest BCUT2D eigenvalue weighted by Gasteiger charge is -2.49. The molecule has 0 spiro atoms. The van der Waals surface area contributed by atoms with E-state index in [9.17, 15) is 4.39 Å². The third kappa shape index (κ3) is 3.85. The van der Waals surface area contributed by atoms with Gasteiger partial charge < -0.3 is 19.0 Å². The van der Waals surface area contributed by atoms with E-state index in [1.165, 1.54) is 12.1 Å². The highest BCUT2D eigenvalue weighted by atomic mass is 19.1. The lowest BCUT2D eigenvalue weighted by Crippen LogP contribution is -2.56. The molecular weight excluding hydrogens is 431 g/mol. The van der Waals surface area contributed by atoms with Crippen LogP contribution in [0.2, 0.25) is 0 Å². The molecule has 1 aromatic heterocycles. The summed E-state index contributed by atoms with van der Waals surface area (Å²) in [4.78, 5) is 12.5. The molecule has 6 nitrogen and oxygen atoms in total. The molecule has 5 rings (SSSR count). The number of aromatic nitrogens is 2. The van der Waals surface area contributed by atoms with Gasteiger partial charge in [0.05, 0.1) is 24.8 Å². The van der Waals surface area contributed by atoms with Crippen LogP contribution < -0.4 is 4.74 Å². The Labute approximate surface area is 199 Å². The molecule has 0 N–H and O–H groups in total. The maximum absolute atomic E-state index is 13.6. The van der Waals surface area contributed by atoms with Gasteiger partial charge in [-0.2, -0.15) is 0 Å². The van der Waals surface area contributed by atoms with Crippen LogP contribution in [0.15, 0.2) is 65.7 Å². The highest BCUT2D eigenvalue weighted by Crippen LogP contribution is 2.40. The van der Waals surface area contributed by atoms with E-state index in [2.05, 4.69) is 34.1 Å². The van der Waals surface area contributed by atoms with Gasteiger partial charge in [0.15, 0.2) is 5.84 Å². The average molecular weight is 461 g/mol. The molecule has 0 bridgehead atoms. The number of imidazole rings is 1. The Kier molecular flexibility index (Phi) is 5.86. The smallest absolute Gasteiger partial charge is 0.172 e. The van der Waals surface area contributed by atoms with Crippen LogP contribution >= 0.6 is 0 Å². The highest BCUT2D eigenvalue weighted by molar-refractivity contribution is 6.03. The first-order chi connectivity index (χ1) is 16.5. The molecule has 2 aliphatic heterocycles. The maximum Gasteiger partial charge on any atom is 0.172 e. The predicted molar refractivity (Wildman–Crippen MR) is 131 cm³/mol. The van der Waals surface area contributed by atoms with Crippen LogP contribution in [-0.2, 0) is 10.4 Å². The Bertz CT molecular complexity index is 1250. The van der Waals surface area contributed by atoms with Crippen molar-refractivity contribution in [2.24, 2.45) is 5.16 Å². The van der Waals surface area contributed by atoms with Crippen molar-refractivity contribution in [1.29, 1.82) is 0 Å². The van der Waals surface area contributed by atoms with Crippen molar-refractivity contribution in [3.63, 3.8) is 0 Å². The number of piperidine rings is 1. The fourth-order valence-electron chi connectivity index (χ4n) is 5.01. The molecule has 2 aliphatic rings. The van der Waals surface area contributed by atoms with Crippen LogP contribution in [0.1, 0.15) is 43.0 Å². The van der Waals surface area contributed by atoms with Crippen molar-refractivity contribution < 1.29 is 14.0 Å². The third-order valence-electron chi connectivity index (χ3n) is 6.84. The summed E-state index contributed by atoms with van der Waals surface area (Å²) in [5, 5.41) is 4.48. The zero-order valence-electron chi connectivity index (χ0n) is 19.8. The number of amidine groups is 1. The van der Waals surface area contributed by atoms with E-state index in [1.807, 2.05) is 42.0 Å². The number of oxime groups is 1. The lowest BCUT2D eigenvalue weighted by molar-refractivity contribution is -0.0104. The molecule has 34 heavy (non-hydrogen) atoms. The molecule has 1 atom stereocenters. The van der Waals surface area contributed by atoms with Gasteiger partial charge >= 0.3 is 0 Å². The van der Waals surface area contributed by atoms with Gasteiger partial charge in [-0.15, -0.1) is 0 Å². The molecule has 7 heteroatoms. The van der Waals surface area contributed by atoms with E-state index in [-0.39, 0.29) is 11.4 Å². The van der Waals surface area contributed by atoms with Gasteiger partial charge in [0.25, 0.3) is 0 Å². The lowest BCUT2D eigenvalue weighted by atomic mass is 9.83. The number of aryl methyl sites for hydroxylation is 1. The minimum atomic E-state index is -0.370. The van der Waals surface area contributed by atoms with Crippen LogP contribution in [0, 0.1) is 12.7 Å². The molecule has 1 unspecified atom stereocenters. The molecule has 1 fully saturated rings. The van der Waals surface area contributed by atoms with Crippen molar-refractivity contribution in [2.45, 2.75) is 38.6 Å². The number of methoxy groups -OCH3 is 1. The van der Waals surface area contributed by atoms with E-state index in [0.717, 1.165) is 65.5 Å². The minimum absolute atomic E-state index is 0.233. The van der Waals surface area contributed by atoms with Gasteiger partial charge in [-0.1, -0.05) is 30.3 Å². The van der Waals surface area contributed by atoms with Gasteiger partial charge in [0, 0.05) is 12.7 Å². The van der Waals surface area contributed by atoms with E-state index < -0.39 is 0 Å². The number of hydrogen-bond donors (Lipinski definition) is 0. The Balaban J connectivity index is 1.50. The summed E-state index contributed by atoms with van der Waals surface area (Å²) in [6, 6.07) is 12.9. The fourth-order valence-corrected chi connectivity index (χ4v) is 5.01. The normalized spacial score (nSPS) is 21.1. The van der Waals surface area contributed by atoms with Gasteiger partial charge in [-0.25, -0.2) is 9.37 Å². The summed E-state index contributed by atoms with van der Waals surface area (Å²) in [5.41, 5.74) is 4.73. The number of halogens is 1. The Morgan fingerprint density at radius 2 is 2.03 bits per heavy atom. The van der Waals surface area contributed by atoms with Gasteiger partial charge in [-0.05, 0) is 73.2 Å². The number of ether oxygens (including phenoxy) is 1. The quantitative estimate of drug-likeness (QED) is 0.508. The molecule has 0 saturated carbocycles. The van der Waals surface area contributed by atoms with Crippen molar-refractivity contribution >= 4 is 11.9 Å². The number of benzene rings is 2. The van der Waals surface area contributed by atoms with E-state index in [0.29, 0.717) is 6.61 Å². The Hall–Kier alpha value is -3.61. The largest absolute Gasteiger partial charge is 0.495 e. The molecular formula is C27H29FN4O2. The summed E-state index contributed by atoms with van der Waals surface area (Å²) in [6.45, 7) is 5.44. The van der Waals surface area contributed by atoms with Gasteiger partial charge in [0.2, 0.25) is 0 Å². The fraction of sp³-hybridized carbons (Fsp3) is 0.333. The summed E-state index contributed by atoms with van der Waals surface area (Å²) >= 11 is 0. The van der Waals surface area contributed by atoms with E-state index >= 15 is 0 Å². The summed E-state index contributed by atoms with van der Waals surface area (Å²) < 4.78 is 21.3. The van der Waals surface area contributed by atoms with Gasteiger partial charge in [-0.3, -0.25) is 0 Å². The van der Waals surface area contributed by atoms with Crippen molar-refractivity contribution in [2.75, 3.05) is 20.3 Å². The first-order valence-electron chi connectivity index (χ1n) is 11.7. The molecule has 1 saturated heterocycles. The average Bonchev–Trinajstić information content (AvgIpc) is 3.30. The molecule has 3 heterocycles. The molecule has 176 valence electrons. The molecule has 0 amide bonds. The molecule has 0 radical (unpaired) electrons. The monoisotopic (exact) mass is 460 g/mol. The maximum atomic E-state index is 13.6. The van der Waals surface area contributed by atoms with Crippen LogP contribution in [0.4, 0.5) is 4.39 Å². The molecule has 3 aromatic rings. The number of fused-ring (bicyclic) bond motifs is 1. The van der Waals surface area contributed by atoms with Crippen molar-refractivity contribution in [3.05, 3.63) is 83.2 Å². The molecule has 0 aliphatic carbocycles. The second kappa shape index (κ2) is 8.97. The Morgan fingerprint density at radius 3 is 2.74 bits per heavy atom. The number of nitrogens with zero attached hydrogens (tertiary/aromatic N) is 4. The minimum Gasteiger partial charge on any atom is -0.495 e. The summed E-state index contributed by atoms with van der Waals surface area (Å²) in [5.74, 6) is 1.40. The number of rotatable bonds is 5.